The average molecular weight is 527 g/mol. The number of benzene rings is 2. The minimum Gasteiger partial charge on any atom is -0.492 e. The van der Waals surface area contributed by atoms with Crippen LogP contribution in [0, 0.1) is 18.7 Å². The maximum atomic E-state index is 14.7. The summed E-state index contributed by atoms with van der Waals surface area (Å²) in [5.41, 5.74) is 0.465. The summed E-state index contributed by atoms with van der Waals surface area (Å²) in [5, 5.41) is 15.6. The van der Waals surface area contributed by atoms with Gasteiger partial charge in [-0.2, -0.15) is 0 Å². The van der Waals surface area contributed by atoms with Crippen molar-refractivity contribution in [3.05, 3.63) is 58.2 Å². The van der Waals surface area contributed by atoms with Crippen LogP contribution in [0.2, 0.25) is 0 Å². The molecular formula is C28H29F3N4O3. The fourth-order valence-corrected chi connectivity index (χ4v) is 5.60. The van der Waals surface area contributed by atoms with Gasteiger partial charge in [-0.1, -0.05) is 18.2 Å². The predicted octanol–water partition coefficient (Wildman–Crippen LogP) is 4.78. The Morgan fingerprint density at radius 1 is 1.26 bits per heavy atom. The molecule has 2 fully saturated rings. The van der Waals surface area contributed by atoms with E-state index in [2.05, 4.69) is 15.3 Å². The molecular weight excluding hydrogens is 497 g/mol. The van der Waals surface area contributed by atoms with Crippen molar-refractivity contribution in [2.24, 2.45) is 5.92 Å². The molecule has 1 saturated carbocycles. The third kappa shape index (κ3) is 4.34. The highest BCUT2D eigenvalue weighted by atomic mass is 19.3. The van der Waals surface area contributed by atoms with Crippen molar-refractivity contribution in [3.8, 4) is 5.75 Å². The number of nitrogens with zero attached hydrogens (tertiary/aromatic N) is 3. The lowest BCUT2D eigenvalue weighted by atomic mass is 9.82. The molecule has 0 radical (unpaired) electrons. The maximum Gasteiger partial charge on any atom is 0.266 e. The van der Waals surface area contributed by atoms with E-state index in [0.29, 0.717) is 72.8 Å². The summed E-state index contributed by atoms with van der Waals surface area (Å²) in [6.07, 6.45) is 0.355. The van der Waals surface area contributed by atoms with E-state index in [9.17, 15) is 23.1 Å². The molecule has 7 nitrogen and oxygen atoms in total. The standard InChI is InChI=1S/C28H29F3N4O3/c1-15-33-23-19-7-12-38-24(19)21(28(37)8-10-35(11-9-28)27(36)16-5-6-16)13-20(23)26(34-15)32-14-17-3-2-4-18(22(17)29)25(30)31/h2-4,13,16,25,37H,5-12,14H2,1H3,(H,32,33,34). The molecule has 3 aromatic rings. The molecule has 2 N–H and O–H groups in total. The van der Waals surface area contributed by atoms with Gasteiger partial charge in [0.2, 0.25) is 5.91 Å². The number of hydrogen-bond acceptors (Lipinski definition) is 6. The Hall–Kier alpha value is -3.40. The van der Waals surface area contributed by atoms with Crippen molar-refractivity contribution in [2.75, 3.05) is 25.0 Å². The fraction of sp³-hybridized carbons (Fsp3) is 0.464. The number of aromatic nitrogens is 2. The number of aryl methyl sites for hydroxylation is 1. The second-order valence-electron chi connectivity index (χ2n) is 10.5. The van der Waals surface area contributed by atoms with Crippen molar-refractivity contribution < 1.29 is 27.8 Å². The minimum atomic E-state index is -2.91. The summed E-state index contributed by atoms with van der Waals surface area (Å²) < 4.78 is 47.0. The number of hydrogen-bond donors (Lipinski definition) is 2. The molecule has 6 rings (SSSR count). The van der Waals surface area contributed by atoms with Gasteiger partial charge in [0.15, 0.2) is 0 Å². The van der Waals surface area contributed by atoms with Crippen molar-refractivity contribution in [1.82, 2.24) is 14.9 Å². The molecule has 0 bridgehead atoms. The zero-order valence-electron chi connectivity index (χ0n) is 21.1. The van der Waals surface area contributed by atoms with Gasteiger partial charge in [0.25, 0.3) is 6.43 Å². The van der Waals surface area contributed by atoms with Crippen LogP contribution in [-0.4, -0.2) is 45.6 Å². The van der Waals surface area contributed by atoms with E-state index in [-0.39, 0.29) is 23.9 Å². The molecule has 0 spiro atoms. The zero-order valence-corrected chi connectivity index (χ0v) is 21.1. The first kappa shape index (κ1) is 24.9. The quantitative estimate of drug-likeness (QED) is 0.481. The number of halogens is 3. The average Bonchev–Trinajstić information content (AvgIpc) is 3.63. The number of anilines is 1. The van der Waals surface area contributed by atoms with Gasteiger partial charge < -0.3 is 20.1 Å². The summed E-state index contributed by atoms with van der Waals surface area (Å²) >= 11 is 0. The normalized spacial score (nSPS) is 18.5. The molecule has 38 heavy (non-hydrogen) atoms. The third-order valence-corrected chi connectivity index (χ3v) is 7.87. The molecule has 1 aromatic heterocycles. The Labute approximate surface area is 218 Å². The largest absolute Gasteiger partial charge is 0.492 e. The highest BCUT2D eigenvalue weighted by Gasteiger charge is 2.42. The third-order valence-electron chi connectivity index (χ3n) is 7.87. The molecule has 0 atom stereocenters. The summed E-state index contributed by atoms with van der Waals surface area (Å²) in [5.74, 6) is 0.910. The smallest absolute Gasteiger partial charge is 0.266 e. The van der Waals surface area contributed by atoms with E-state index in [0.717, 1.165) is 24.5 Å². The van der Waals surface area contributed by atoms with Crippen molar-refractivity contribution in [3.63, 3.8) is 0 Å². The number of alkyl halides is 2. The van der Waals surface area contributed by atoms with Crippen LogP contribution in [0.25, 0.3) is 10.9 Å². The van der Waals surface area contributed by atoms with Gasteiger partial charge >= 0.3 is 0 Å². The summed E-state index contributed by atoms with van der Waals surface area (Å²) in [6, 6.07) is 5.77. The molecule has 1 aliphatic carbocycles. The number of aliphatic hydroxyl groups is 1. The highest BCUT2D eigenvalue weighted by Crippen LogP contribution is 2.46. The number of piperidine rings is 1. The number of likely N-dealkylation sites (tertiary alicyclic amines) is 1. The number of nitrogens with one attached hydrogen (secondary N) is 1. The second-order valence-corrected chi connectivity index (χ2v) is 10.5. The van der Waals surface area contributed by atoms with Gasteiger partial charge in [0.1, 0.15) is 23.2 Å². The zero-order chi connectivity index (χ0) is 26.6. The molecule has 200 valence electrons. The Kier molecular flexibility index (Phi) is 6.17. The number of carbonyl (C=O) groups is 1. The monoisotopic (exact) mass is 526 g/mol. The van der Waals surface area contributed by atoms with Crippen molar-refractivity contribution in [1.29, 1.82) is 0 Å². The number of rotatable bonds is 6. The van der Waals surface area contributed by atoms with Crippen molar-refractivity contribution >= 4 is 22.6 Å². The Balaban J connectivity index is 1.35. The molecule has 2 aromatic carbocycles. The predicted molar refractivity (Wildman–Crippen MR) is 135 cm³/mol. The van der Waals surface area contributed by atoms with Gasteiger partial charge in [-0.3, -0.25) is 4.79 Å². The lowest BCUT2D eigenvalue weighted by Crippen LogP contribution is -2.45. The Bertz CT molecular complexity index is 1420. The van der Waals surface area contributed by atoms with E-state index in [1.54, 1.807) is 6.92 Å². The number of carbonyl (C=O) groups excluding carboxylic acids is 1. The van der Waals surface area contributed by atoms with Gasteiger partial charge in [-0.05, 0) is 38.7 Å². The van der Waals surface area contributed by atoms with Gasteiger partial charge in [0, 0.05) is 54.0 Å². The van der Waals surface area contributed by atoms with E-state index in [4.69, 9.17) is 4.74 Å². The van der Waals surface area contributed by atoms with Gasteiger partial charge in [0.05, 0.1) is 23.3 Å². The first-order valence-corrected chi connectivity index (χ1v) is 13.0. The Morgan fingerprint density at radius 3 is 2.74 bits per heavy atom. The molecule has 3 aliphatic rings. The van der Waals surface area contributed by atoms with E-state index in [1.165, 1.54) is 12.1 Å². The number of amides is 1. The summed E-state index contributed by atoms with van der Waals surface area (Å²) in [6.45, 7) is 3.09. The molecule has 10 heteroatoms. The molecule has 0 unspecified atom stereocenters. The van der Waals surface area contributed by atoms with E-state index < -0.39 is 23.4 Å². The first-order valence-electron chi connectivity index (χ1n) is 13.0. The molecule has 1 amide bonds. The Morgan fingerprint density at radius 2 is 2.03 bits per heavy atom. The summed E-state index contributed by atoms with van der Waals surface area (Å²) in [4.78, 5) is 23.6. The highest BCUT2D eigenvalue weighted by molar-refractivity contribution is 5.94. The molecule has 2 aliphatic heterocycles. The van der Waals surface area contributed by atoms with Crippen LogP contribution in [0.4, 0.5) is 19.0 Å². The lowest BCUT2D eigenvalue weighted by Gasteiger charge is -2.39. The van der Waals surface area contributed by atoms with Crippen LogP contribution in [0.15, 0.2) is 24.3 Å². The minimum absolute atomic E-state index is 0.0522. The van der Waals surface area contributed by atoms with Gasteiger partial charge in [-0.15, -0.1) is 0 Å². The topological polar surface area (TPSA) is 87.6 Å². The number of ether oxygens (including phenoxy) is 1. The van der Waals surface area contributed by atoms with Crippen LogP contribution in [0.3, 0.4) is 0 Å². The summed E-state index contributed by atoms with van der Waals surface area (Å²) in [7, 11) is 0. The van der Waals surface area contributed by atoms with E-state index >= 15 is 0 Å². The van der Waals surface area contributed by atoms with Crippen LogP contribution in [0.1, 0.15) is 60.2 Å². The maximum absolute atomic E-state index is 14.7. The first-order chi connectivity index (χ1) is 18.2. The van der Waals surface area contributed by atoms with E-state index in [1.807, 2.05) is 11.0 Å². The lowest BCUT2D eigenvalue weighted by molar-refractivity contribution is -0.137. The molecule has 3 heterocycles. The SMILES string of the molecule is Cc1nc(NCc2cccc(C(F)F)c2F)c2cc(C3(O)CCN(C(=O)C4CC4)CC3)c3c(c2n1)CCO3. The van der Waals surface area contributed by atoms with Crippen LogP contribution < -0.4 is 10.1 Å². The fourth-order valence-electron chi connectivity index (χ4n) is 5.60. The van der Waals surface area contributed by atoms with Crippen LogP contribution >= 0.6 is 0 Å². The number of fused-ring (bicyclic) bond motifs is 3. The van der Waals surface area contributed by atoms with Crippen molar-refractivity contribution in [2.45, 2.75) is 57.6 Å². The molecule has 1 saturated heterocycles. The van der Waals surface area contributed by atoms with Crippen LogP contribution in [0.5, 0.6) is 5.75 Å². The van der Waals surface area contributed by atoms with Gasteiger partial charge in [-0.25, -0.2) is 23.1 Å². The second kappa shape index (κ2) is 9.41. The van der Waals surface area contributed by atoms with Crippen LogP contribution in [-0.2, 0) is 23.4 Å².